The van der Waals surface area contributed by atoms with Crippen molar-refractivity contribution < 1.29 is 23.7 Å². The number of pyridine rings is 1. The van der Waals surface area contributed by atoms with Crippen LogP contribution in [-0.2, 0) is 0 Å². The van der Waals surface area contributed by atoms with Gasteiger partial charge in [0.15, 0.2) is 5.82 Å². The van der Waals surface area contributed by atoms with Gasteiger partial charge in [0, 0.05) is 44.4 Å². The van der Waals surface area contributed by atoms with Crippen LogP contribution in [0.15, 0.2) is 42.6 Å². The van der Waals surface area contributed by atoms with E-state index in [1.165, 1.54) is 12.3 Å². The zero-order chi connectivity index (χ0) is 27.5. The summed E-state index contributed by atoms with van der Waals surface area (Å²) in [5.41, 5.74) is -0.900. The Bertz CT molecular complexity index is 1620. The molecule has 0 bridgehead atoms. The molecule has 2 aromatic carbocycles. The number of anilines is 1. The number of ether oxygens (including phenoxy) is 1. The zero-order valence-corrected chi connectivity index (χ0v) is 21.8. The number of phenols is 1. The summed E-state index contributed by atoms with van der Waals surface area (Å²) in [6.45, 7) is 2.45. The van der Waals surface area contributed by atoms with Crippen molar-refractivity contribution in [2.24, 2.45) is 0 Å². The van der Waals surface area contributed by atoms with Gasteiger partial charge >= 0.3 is 6.01 Å². The number of fused-ring (bicyclic) bond motifs is 3. The highest BCUT2D eigenvalue weighted by molar-refractivity contribution is 5.99. The molecule has 3 aliphatic heterocycles. The highest BCUT2D eigenvalue weighted by Crippen LogP contribution is 2.41. The number of hydrogen-bond acceptors (Lipinski definition) is 9. The van der Waals surface area contributed by atoms with Crippen molar-refractivity contribution in [2.75, 3.05) is 44.6 Å². The van der Waals surface area contributed by atoms with E-state index in [9.17, 15) is 14.6 Å². The second-order valence-corrected chi connectivity index (χ2v) is 11.3. The molecular weight excluding hydrogens is 518 g/mol. The lowest BCUT2D eigenvalue weighted by molar-refractivity contribution is 0.00307. The highest BCUT2D eigenvalue weighted by atomic mass is 19.1. The Kier molecular flexibility index (Phi) is 5.99. The summed E-state index contributed by atoms with van der Waals surface area (Å²) in [5.74, 6) is -0.401. The summed E-state index contributed by atoms with van der Waals surface area (Å²) in [7, 11) is 0. The minimum Gasteiger partial charge on any atom is -0.508 e. The van der Waals surface area contributed by atoms with Gasteiger partial charge in [-0.3, -0.25) is 9.88 Å². The van der Waals surface area contributed by atoms with Crippen LogP contribution in [0.5, 0.6) is 11.8 Å². The fourth-order valence-electron chi connectivity index (χ4n) is 6.35. The van der Waals surface area contributed by atoms with Crippen molar-refractivity contribution in [2.45, 2.75) is 36.6 Å². The van der Waals surface area contributed by atoms with Crippen molar-refractivity contribution in [3.05, 3.63) is 48.4 Å². The highest BCUT2D eigenvalue weighted by Gasteiger charge is 2.49. The third-order valence-corrected chi connectivity index (χ3v) is 8.49. The first-order valence-corrected chi connectivity index (χ1v) is 13.6. The summed E-state index contributed by atoms with van der Waals surface area (Å²) < 4.78 is 36.7. The van der Waals surface area contributed by atoms with Crippen molar-refractivity contribution in [3.8, 4) is 23.0 Å². The molecule has 0 spiro atoms. The second-order valence-electron chi connectivity index (χ2n) is 11.3. The molecule has 3 aliphatic rings. The van der Waals surface area contributed by atoms with Crippen LogP contribution in [0.1, 0.15) is 19.3 Å². The van der Waals surface area contributed by atoms with E-state index in [0.717, 1.165) is 30.2 Å². The normalized spacial score (nSPS) is 23.8. The molecule has 3 fully saturated rings. The number of nitrogens with zero attached hydrogens (tertiary/aromatic N) is 4. The summed E-state index contributed by atoms with van der Waals surface area (Å²) in [6.07, 6.45) is 2.76. The number of aromatic hydroxyl groups is 1. The van der Waals surface area contributed by atoms with E-state index < -0.39 is 23.1 Å². The number of benzene rings is 2. The van der Waals surface area contributed by atoms with Crippen LogP contribution in [0.3, 0.4) is 0 Å². The Morgan fingerprint density at radius 1 is 1.18 bits per heavy atom. The number of β-amino-alcohol motifs (C(OH)–C–C–N with tert-alkyl or cyclic N) is 1. The Morgan fingerprint density at radius 2 is 2.02 bits per heavy atom. The average Bonchev–Trinajstić information content (AvgIpc) is 3.45. The van der Waals surface area contributed by atoms with E-state index in [4.69, 9.17) is 4.74 Å². The second kappa shape index (κ2) is 9.46. The van der Waals surface area contributed by atoms with Crippen molar-refractivity contribution in [3.63, 3.8) is 0 Å². The number of aromatic nitrogens is 3. The summed E-state index contributed by atoms with van der Waals surface area (Å²) in [5, 5.41) is 28.9. The smallest absolute Gasteiger partial charge is 0.319 e. The number of halogens is 2. The van der Waals surface area contributed by atoms with Gasteiger partial charge in [0.05, 0.1) is 10.9 Å². The quantitative estimate of drug-likeness (QED) is 0.276. The molecule has 208 valence electrons. The molecule has 4 N–H and O–H groups in total. The maximum atomic E-state index is 16.3. The Hall–Kier alpha value is -3.67. The van der Waals surface area contributed by atoms with Gasteiger partial charge in [0.25, 0.3) is 0 Å². The van der Waals surface area contributed by atoms with Crippen LogP contribution in [0.4, 0.5) is 14.6 Å². The predicted octanol–water partition coefficient (Wildman–Crippen LogP) is 3.39. The van der Waals surface area contributed by atoms with E-state index in [1.807, 2.05) is 24.3 Å². The molecule has 0 aliphatic carbocycles. The molecular formula is C29H30F2N6O3. The number of hydrogen-bond donors (Lipinski definition) is 4. The minimum atomic E-state index is -0.950. The van der Waals surface area contributed by atoms with E-state index in [1.54, 1.807) is 6.07 Å². The number of aliphatic hydroxyl groups is 1. The van der Waals surface area contributed by atoms with Gasteiger partial charge < -0.3 is 25.6 Å². The topological polar surface area (TPSA) is 116 Å². The van der Waals surface area contributed by atoms with E-state index in [-0.39, 0.29) is 41.9 Å². The van der Waals surface area contributed by atoms with Crippen LogP contribution < -0.4 is 15.4 Å². The maximum absolute atomic E-state index is 16.3. The van der Waals surface area contributed by atoms with Crippen LogP contribution in [-0.4, -0.2) is 86.7 Å². The van der Waals surface area contributed by atoms with Gasteiger partial charge in [0.2, 0.25) is 0 Å². The number of nitrogens with one attached hydrogen (secondary N) is 2. The third kappa shape index (κ3) is 4.29. The summed E-state index contributed by atoms with van der Waals surface area (Å²) in [4.78, 5) is 15.5. The van der Waals surface area contributed by atoms with E-state index in [2.05, 4.69) is 30.5 Å². The molecule has 40 heavy (non-hydrogen) atoms. The van der Waals surface area contributed by atoms with Gasteiger partial charge in [-0.2, -0.15) is 9.97 Å². The van der Waals surface area contributed by atoms with Gasteiger partial charge in [0.1, 0.15) is 41.2 Å². The van der Waals surface area contributed by atoms with E-state index in [0.29, 0.717) is 37.0 Å². The van der Waals surface area contributed by atoms with Crippen molar-refractivity contribution >= 4 is 27.5 Å². The number of phenolic OH excluding ortho intramolecular Hbond substituents is 1. The van der Waals surface area contributed by atoms with Gasteiger partial charge in [-0.15, -0.1) is 0 Å². The van der Waals surface area contributed by atoms with Gasteiger partial charge in [-0.25, -0.2) is 8.78 Å². The first-order valence-electron chi connectivity index (χ1n) is 13.6. The minimum absolute atomic E-state index is 0.000726. The number of alkyl halides is 1. The fraction of sp³-hybridized carbons (Fsp3) is 0.414. The third-order valence-electron chi connectivity index (χ3n) is 8.49. The Balaban J connectivity index is 1.30. The molecule has 2 aromatic heterocycles. The summed E-state index contributed by atoms with van der Waals surface area (Å²) in [6, 6.07) is 10.4. The average molecular weight is 549 g/mol. The standard InChI is InChI=1S/C29H30F2N6O3/c30-18-10-28(6-3-7-37(28)12-18)16-40-27-35-25-22(26(36-27)34-15-29(39)13-32-14-29)11-33-24(23(25)31)21-9-19(38)8-17-4-1-2-5-20(17)21/h1-2,4-5,8-9,11,18,32,38-39H,3,6-7,10,12-16H2,(H,34,35,36)/t18-,28+/m1/s1. The molecule has 2 atom stereocenters. The van der Waals surface area contributed by atoms with Crippen molar-refractivity contribution in [1.29, 1.82) is 0 Å². The lowest BCUT2D eigenvalue weighted by atomic mass is 9.95. The van der Waals surface area contributed by atoms with Gasteiger partial charge in [-0.05, 0) is 42.3 Å². The molecule has 0 radical (unpaired) electrons. The molecule has 9 nitrogen and oxygen atoms in total. The Labute approximate surface area is 229 Å². The molecule has 0 unspecified atom stereocenters. The van der Waals surface area contributed by atoms with Gasteiger partial charge in [-0.1, -0.05) is 24.3 Å². The predicted molar refractivity (Wildman–Crippen MR) is 147 cm³/mol. The SMILES string of the molecule is Oc1cc(-c2ncc3c(NCC4(O)CNC4)nc(OC[C@@]45CCCN4C[C@H](F)C5)nc3c2F)c2ccccc2c1. The molecule has 3 saturated heterocycles. The van der Waals surface area contributed by atoms with Crippen molar-refractivity contribution in [1.82, 2.24) is 25.2 Å². The lowest BCUT2D eigenvalue weighted by Crippen LogP contribution is -2.63. The molecule has 7 rings (SSSR count). The number of rotatable bonds is 7. The monoisotopic (exact) mass is 548 g/mol. The van der Waals surface area contributed by atoms with Crippen LogP contribution >= 0.6 is 0 Å². The van der Waals surface area contributed by atoms with Crippen LogP contribution in [0, 0.1) is 5.82 Å². The summed E-state index contributed by atoms with van der Waals surface area (Å²) >= 11 is 0. The largest absolute Gasteiger partial charge is 0.508 e. The Morgan fingerprint density at radius 3 is 2.85 bits per heavy atom. The zero-order valence-electron chi connectivity index (χ0n) is 21.8. The molecule has 5 heterocycles. The van der Waals surface area contributed by atoms with Crippen LogP contribution in [0.25, 0.3) is 32.9 Å². The maximum Gasteiger partial charge on any atom is 0.319 e. The lowest BCUT2D eigenvalue weighted by Gasteiger charge is -2.37. The van der Waals surface area contributed by atoms with E-state index >= 15 is 4.39 Å². The molecule has 11 heteroatoms. The molecule has 4 aromatic rings. The molecule has 0 saturated carbocycles. The first-order chi connectivity index (χ1) is 19.3. The van der Waals surface area contributed by atoms with Crippen LogP contribution in [0.2, 0.25) is 0 Å². The first kappa shape index (κ1) is 25.3. The fourth-order valence-corrected chi connectivity index (χ4v) is 6.35. The molecule has 0 amide bonds.